The van der Waals surface area contributed by atoms with Gasteiger partial charge in [0.15, 0.2) is 22.4 Å². The van der Waals surface area contributed by atoms with E-state index in [2.05, 4.69) is 5.32 Å². The Kier molecular flexibility index (Phi) is 8.53. The number of carbonyl (C=O) groups is 2. The van der Waals surface area contributed by atoms with E-state index in [9.17, 15) is 9.59 Å². The van der Waals surface area contributed by atoms with Crippen molar-refractivity contribution in [2.45, 2.75) is 6.92 Å². The minimum absolute atomic E-state index is 0.217. The molecule has 4 rings (SSSR count). The fourth-order valence-electron chi connectivity index (χ4n) is 3.34. The topological polar surface area (TPSA) is 67.9 Å². The Balaban J connectivity index is 1.47. The van der Waals surface area contributed by atoms with Crippen LogP contribution >= 0.6 is 47.2 Å². The second-order valence-corrected chi connectivity index (χ2v) is 10.0. The summed E-state index contributed by atoms with van der Waals surface area (Å²) in [7, 11) is 0. The van der Waals surface area contributed by atoms with Gasteiger partial charge in [0.2, 0.25) is 0 Å². The van der Waals surface area contributed by atoms with Crippen molar-refractivity contribution in [3.8, 4) is 11.5 Å². The van der Waals surface area contributed by atoms with Crippen molar-refractivity contribution in [3.05, 3.63) is 87.2 Å². The number of thiocarbonyl (C=S) groups is 1. The quantitative estimate of drug-likeness (QED) is 0.242. The number of ether oxygens (including phenoxy) is 2. The van der Waals surface area contributed by atoms with E-state index in [1.54, 1.807) is 72.8 Å². The van der Waals surface area contributed by atoms with Gasteiger partial charge in [0.05, 0.1) is 17.2 Å². The highest BCUT2D eigenvalue weighted by atomic mass is 35.5. The van der Waals surface area contributed by atoms with E-state index in [0.29, 0.717) is 48.8 Å². The van der Waals surface area contributed by atoms with Crippen molar-refractivity contribution in [1.82, 2.24) is 0 Å². The van der Waals surface area contributed by atoms with E-state index in [4.69, 9.17) is 44.9 Å². The van der Waals surface area contributed by atoms with Crippen molar-refractivity contribution in [3.63, 3.8) is 0 Å². The maximum atomic E-state index is 13.0. The molecule has 6 nitrogen and oxygen atoms in total. The smallest absolute Gasteiger partial charge is 0.270 e. The maximum Gasteiger partial charge on any atom is 0.270 e. The molecular weight excluding hydrogens is 539 g/mol. The average molecular weight is 559 g/mol. The van der Waals surface area contributed by atoms with Crippen molar-refractivity contribution in [2.24, 2.45) is 0 Å². The Hall–Kier alpha value is -3.04. The van der Waals surface area contributed by atoms with Crippen molar-refractivity contribution >= 4 is 80.8 Å². The number of hydrogen-bond donors (Lipinski definition) is 1. The van der Waals surface area contributed by atoms with Gasteiger partial charge in [-0.15, -0.1) is 0 Å². The van der Waals surface area contributed by atoms with Gasteiger partial charge in [-0.25, -0.2) is 0 Å². The van der Waals surface area contributed by atoms with Crippen LogP contribution in [0, 0.1) is 0 Å². The number of nitrogens with one attached hydrogen (secondary N) is 1. The Morgan fingerprint density at radius 2 is 1.81 bits per heavy atom. The molecule has 1 aliphatic heterocycles. The predicted molar refractivity (Wildman–Crippen MR) is 150 cm³/mol. The average Bonchev–Trinajstić information content (AvgIpc) is 3.12. The zero-order valence-corrected chi connectivity index (χ0v) is 22.1. The van der Waals surface area contributed by atoms with E-state index in [0.717, 1.165) is 5.56 Å². The summed E-state index contributed by atoms with van der Waals surface area (Å²) >= 11 is 18.6. The number of halogens is 2. The fraction of sp³-hybridized carbons (Fsp3) is 0.115. The number of rotatable bonds is 8. The van der Waals surface area contributed by atoms with Crippen molar-refractivity contribution in [2.75, 3.05) is 23.4 Å². The van der Waals surface area contributed by atoms with Crippen LogP contribution in [-0.4, -0.2) is 29.3 Å². The zero-order chi connectivity index (χ0) is 25.7. The normalized spacial score (nSPS) is 14.3. The predicted octanol–water partition coefficient (Wildman–Crippen LogP) is 6.82. The first-order chi connectivity index (χ1) is 17.3. The van der Waals surface area contributed by atoms with Crippen molar-refractivity contribution < 1.29 is 19.1 Å². The summed E-state index contributed by atoms with van der Waals surface area (Å²) in [5.41, 5.74) is 1.96. The summed E-state index contributed by atoms with van der Waals surface area (Å²) in [5, 5.41) is 3.83. The van der Waals surface area contributed by atoms with Gasteiger partial charge in [-0.05, 0) is 73.2 Å². The van der Waals surface area contributed by atoms with Crippen LogP contribution in [-0.2, 0) is 9.59 Å². The highest BCUT2D eigenvalue weighted by molar-refractivity contribution is 8.27. The van der Waals surface area contributed by atoms with Crippen LogP contribution in [0.15, 0.2) is 71.6 Å². The molecule has 3 aromatic carbocycles. The SMILES string of the molecule is CCOc1cc(/C=C2\SC(=S)N(c3ccc(Cl)cc3)C2=O)ccc1OCC(=O)Nc1cccc(Cl)c1. The van der Waals surface area contributed by atoms with Gasteiger partial charge in [0, 0.05) is 15.7 Å². The van der Waals surface area contributed by atoms with Crippen LogP contribution in [0.5, 0.6) is 11.5 Å². The molecule has 0 aromatic heterocycles. The van der Waals surface area contributed by atoms with Crippen LogP contribution in [0.1, 0.15) is 12.5 Å². The molecule has 184 valence electrons. The zero-order valence-electron chi connectivity index (χ0n) is 19.0. The van der Waals surface area contributed by atoms with Crippen molar-refractivity contribution in [1.29, 1.82) is 0 Å². The number of hydrogen-bond acceptors (Lipinski definition) is 6. The van der Waals surface area contributed by atoms with E-state index in [1.807, 2.05) is 6.92 Å². The van der Waals surface area contributed by atoms with Crippen LogP contribution in [0.4, 0.5) is 11.4 Å². The molecule has 0 aliphatic carbocycles. The second-order valence-electron chi connectivity index (χ2n) is 7.48. The molecule has 36 heavy (non-hydrogen) atoms. The third-order valence-electron chi connectivity index (χ3n) is 4.91. The highest BCUT2D eigenvalue weighted by Gasteiger charge is 2.33. The summed E-state index contributed by atoms with van der Waals surface area (Å²) in [6.45, 7) is 2.03. The number of amides is 2. The highest BCUT2D eigenvalue weighted by Crippen LogP contribution is 2.37. The molecule has 0 bridgehead atoms. The molecule has 1 N–H and O–H groups in total. The lowest BCUT2D eigenvalue weighted by atomic mass is 10.1. The number of thioether (sulfide) groups is 1. The minimum atomic E-state index is -0.338. The molecule has 1 fully saturated rings. The van der Waals surface area contributed by atoms with E-state index < -0.39 is 0 Å². The third kappa shape index (κ3) is 6.39. The van der Waals surface area contributed by atoms with E-state index in [-0.39, 0.29) is 18.4 Å². The standard InChI is InChI=1S/C26H20Cl2N2O4S2/c1-2-33-22-12-16(6-11-21(22)34-15-24(31)29-19-5-3-4-18(28)14-19)13-23-25(32)30(26(35)36-23)20-9-7-17(27)8-10-20/h3-14H,2,15H2,1H3,(H,29,31)/b23-13-. The first-order valence-corrected chi connectivity index (χ1v) is 12.8. The summed E-state index contributed by atoms with van der Waals surface area (Å²) < 4.78 is 11.8. The Labute approximate surface area is 228 Å². The Morgan fingerprint density at radius 3 is 2.53 bits per heavy atom. The van der Waals surface area contributed by atoms with Gasteiger partial charge in [0.25, 0.3) is 11.8 Å². The summed E-state index contributed by atoms with van der Waals surface area (Å²) in [6.07, 6.45) is 1.74. The molecule has 0 unspecified atom stereocenters. The number of nitrogens with zero attached hydrogens (tertiary/aromatic N) is 1. The van der Waals surface area contributed by atoms with Crippen LogP contribution in [0.3, 0.4) is 0 Å². The minimum Gasteiger partial charge on any atom is -0.490 e. The van der Waals surface area contributed by atoms with Gasteiger partial charge in [-0.3, -0.25) is 14.5 Å². The molecular formula is C26H20Cl2N2O4S2. The Morgan fingerprint density at radius 1 is 1.03 bits per heavy atom. The second kappa shape index (κ2) is 11.8. The number of benzene rings is 3. The first-order valence-electron chi connectivity index (χ1n) is 10.8. The molecule has 10 heteroatoms. The molecule has 0 atom stereocenters. The van der Waals surface area contributed by atoms with Crippen LogP contribution in [0.25, 0.3) is 6.08 Å². The number of anilines is 2. The molecule has 1 heterocycles. The first kappa shape index (κ1) is 26.0. The maximum absolute atomic E-state index is 13.0. The Bertz CT molecular complexity index is 1350. The number of carbonyl (C=O) groups excluding carboxylic acids is 2. The third-order valence-corrected chi connectivity index (χ3v) is 6.70. The molecule has 0 saturated carbocycles. The molecule has 0 spiro atoms. The van der Waals surface area contributed by atoms with Crippen LogP contribution in [0.2, 0.25) is 10.0 Å². The summed E-state index contributed by atoms with van der Waals surface area (Å²) in [5.74, 6) is 0.303. The van der Waals surface area contributed by atoms with Crippen LogP contribution < -0.4 is 19.7 Å². The van der Waals surface area contributed by atoms with Gasteiger partial charge < -0.3 is 14.8 Å². The molecule has 3 aromatic rings. The molecule has 1 aliphatic rings. The largest absolute Gasteiger partial charge is 0.490 e. The molecule has 0 radical (unpaired) electrons. The van der Waals surface area contributed by atoms with E-state index >= 15 is 0 Å². The van der Waals surface area contributed by atoms with Gasteiger partial charge in [-0.2, -0.15) is 0 Å². The van der Waals surface area contributed by atoms with Gasteiger partial charge in [-0.1, -0.05) is 59.3 Å². The van der Waals surface area contributed by atoms with Gasteiger partial charge >= 0.3 is 0 Å². The lowest BCUT2D eigenvalue weighted by Gasteiger charge is -2.14. The van der Waals surface area contributed by atoms with Gasteiger partial charge in [0.1, 0.15) is 0 Å². The lowest BCUT2D eigenvalue weighted by Crippen LogP contribution is -2.27. The summed E-state index contributed by atoms with van der Waals surface area (Å²) in [4.78, 5) is 27.3. The lowest BCUT2D eigenvalue weighted by molar-refractivity contribution is -0.118. The fourth-order valence-corrected chi connectivity index (χ4v) is 4.96. The molecule has 2 amide bonds. The van der Waals surface area contributed by atoms with E-state index in [1.165, 1.54) is 16.7 Å². The monoisotopic (exact) mass is 558 g/mol. The summed E-state index contributed by atoms with van der Waals surface area (Å²) in [6, 6.07) is 19.0. The molecule has 1 saturated heterocycles.